The fraction of sp³-hybridized carbons (Fsp3) is 0. The highest BCUT2D eigenvalue weighted by atomic mass is 16.4. The van der Waals surface area contributed by atoms with Gasteiger partial charge in [0.25, 0.3) is 0 Å². The van der Waals surface area contributed by atoms with Gasteiger partial charge >= 0.3 is 5.97 Å². The highest BCUT2D eigenvalue weighted by Crippen LogP contribution is 2.21. The number of hydrogen-bond donors (Lipinski definition) is 2. The van der Waals surface area contributed by atoms with E-state index in [1.54, 1.807) is 30.3 Å². The van der Waals surface area contributed by atoms with Crippen molar-refractivity contribution in [2.45, 2.75) is 0 Å². The van der Waals surface area contributed by atoms with Crippen molar-refractivity contribution in [3.05, 3.63) is 47.5 Å². The molecule has 0 aliphatic carbocycles. The first kappa shape index (κ1) is 10.2. The highest BCUT2D eigenvalue weighted by Gasteiger charge is 2.12. The zero-order valence-electron chi connectivity index (χ0n) is 8.31. The summed E-state index contributed by atoms with van der Waals surface area (Å²) in [5.41, 5.74) is 5.44. The average molecular weight is 215 g/mol. The second kappa shape index (κ2) is 3.66. The normalized spacial score (nSPS) is 10.2. The van der Waals surface area contributed by atoms with Gasteiger partial charge in [0.1, 0.15) is 0 Å². The molecule has 3 N–H and O–H groups in total. The zero-order chi connectivity index (χ0) is 11.7. The van der Waals surface area contributed by atoms with Crippen molar-refractivity contribution in [3.63, 3.8) is 0 Å². The quantitative estimate of drug-likeness (QED) is 0.799. The minimum Gasteiger partial charge on any atom is -0.478 e. The molecule has 0 unspecified atom stereocenters. The number of primary amides is 1. The molecule has 2 aromatic rings. The summed E-state index contributed by atoms with van der Waals surface area (Å²) >= 11 is 0. The maximum absolute atomic E-state index is 11.0. The van der Waals surface area contributed by atoms with Gasteiger partial charge < -0.3 is 10.8 Å². The predicted octanol–water partition coefficient (Wildman–Crippen LogP) is 1.64. The van der Waals surface area contributed by atoms with E-state index in [4.69, 9.17) is 10.8 Å². The highest BCUT2D eigenvalue weighted by molar-refractivity contribution is 6.07. The molecule has 0 aliphatic heterocycles. The van der Waals surface area contributed by atoms with Crippen molar-refractivity contribution >= 4 is 22.6 Å². The van der Waals surface area contributed by atoms with Crippen LogP contribution in [0.15, 0.2) is 36.4 Å². The van der Waals surface area contributed by atoms with Gasteiger partial charge in [-0.05, 0) is 22.9 Å². The van der Waals surface area contributed by atoms with Crippen LogP contribution in [-0.2, 0) is 0 Å². The Morgan fingerprint density at radius 1 is 1.12 bits per heavy atom. The Hall–Kier alpha value is -2.36. The molecule has 0 fully saturated rings. The lowest BCUT2D eigenvalue weighted by molar-refractivity contribution is 0.0699. The summed E-state index contributed by atoms with van der Waals surface area (Å²) in [5.74, 6) is -1.70. The number of carbonyl (C=O) groups is 2. The Morgan fingerprint density at radius 3 is 2.44 bits per heavy atom. The Balaban J connectivity index is 2.84. The Morgan fingerprint density at radius 2 is 1.81 bits per heavy atom. The first-order valence-electron chi connectivity index (χ1n) is 4.65. The van der Waals surface area contributed by atoms with Crippen molar-refractivity contribution in [2.24, 2.45) is 5.73 Å². The lowest BCUT2D eigenvalue weighted by atomic mass is 10.0. The smallest absolute Gasteiger partial charge is 0.336 e. The fourth-order valence-electron chi connectivity index (χ4n) is 1.63. The van der Waals surface area contributed by atoms with E-state index >= 15 is 0 Å². The summed E-state index contributed by atoms with van der Waals surface area (Å²) in [6, 6.07) is 9.85. The number of carboxylic acids is 1. The minimum atomic E-state index is -1.07. The molecule has 0 atom stereocenters. The molecule has 2 rings (SSSR count). The molecule has 0 aromatic heterocycles. The summed E-state index contributed by atoms with van der Waals surface area (Å²) in [4.78, 5) is 22.1. The third kappa shape index (κ3) is 1.61. The van der Waals surface area contributed by atoms with Crippen molar-refractivity contribution < 1.29 is 14.7 Å². The second-order valence-corrected chi connectivity index (χ2v) is 3.41. The fourth-order valence-corrected chi connectivity index (χ4v) is 1.63. The number of aromatic carboxylic acids is 1. The van der Waals surface area contributed by atoms with Gasteiger partial charge in [-0.25, -0.2) is 4.79 Å². The summed E-state index contributed by atoms with van der Waals surface area (Å²) in [6.45, 7) is 0. The van der Waals surface area contributed by atoms with E-state index in [1.165, 1.54) is 6.07 Å². The van der Waals surface area contributed by atoms with E-state index in [9.17, 15) is 9.59 Å². The van der Waals surface area contributed by atoms with Crippen LogP contribution in [-0.4, -0.2) is 17.0 Å². The Kier molecular flexibility index (Phi) is 2.32. The van der Waals surface area contributed by atoms with Crippen LogP contribution in [0.5, 0.6) is 0 Å². The maximum Gasteiger partial charge on any atom is 0.336 e. The Bertz CT molecular complexity index is 590. The molecule has 0 aliphatic rings. The zero-order valence-corrected chi connectivity index (χ0v) is 8.31. The molecular formula is C12H9NO3. The van der Waals surface area contributed by atoms with Gasteiger partial charge in [0.2, 0.25) is 5.91 Å². The van der Waals surface area contributed by atoms with Crippen molar-refractivity contribution in [3.8, 4) is 0 Å². The van der Waals surface area contributed by atoms with Crippen LogP contribution in [0.1, 0.15) is 20.7 Å². The van der Waals surface area contributed by atoms with Crippen LogP contribution in [0.3, 0.4) is 0 Å². The van der Waals surface area contributed by atoms with Gasteiger partial charge in [-0.1, -0.05) is 24.3 Å². The van der Waals surface area contributed by atoms with Crippen molar-refractivity contribution in [1.82, 2.24) is 0 Å². The molecule has 1 amide bonds. The largest absolute Gasteiger partial charge is 0.478 e. The van der Waals surface area contributed by atoms with E-state index < -0.39 is 11.9 Å². The number of carboxylic acid groups (broad SMARTS) is 1. The SMILES string of the molecule is NC(=O)c1cc(C(=O)O)c2ccccc2c1. The van der Waals surface area contributed by atoms with E-state index in [0.717, 1.165) is 0 Å². The monoisotopic (exact) mass is 215 g/mol. The maximum atomic E-state index is 11.0. The first-order valence-corrected chi connectivity index (χ1v) is 4.65. The molecule has 2 aromatic carbocycles. The average Bonchev–Trinajstić information content (AvgIpc) is 2.27. The number of nitrogens with two attached hydrogens (primary N) is 1. The van der Waals surface area contributed by atoms with Crippen LogP contribution in [0.2, 0.25) is 0 Å². The van der Waals surface area contributed by atoms with E-state index in [1.807, 2.05) is 0 Å². The number of amides is 1. The Labute approximate surface area is 91.3 Å². The second-order valence-electron chi connectivity index (χ2n) is 3.41. The molecule has 0 saturated heterocycles. The van der Waals surface area contributed by atoms with E-state index in [-0.39, 0.29) is 11.1 Å². The third-order valence-electron chi connectivity index (χ3n) is 2.38. The molecule has 80 valence electrons. The number of fused-ring (bicyclic) bond motifs is 1. The predicted molar refractivity (Wildman–Crippen MR) is 59.4 cm³/mol. The number of benzene rings is 2. The van der Waals surface area contributed by atoms with Crippen molar-refractivity contribution in [1.29, 1.82) is 0 Å². The number of carbonyl (C=O) groups excluding carboxylic acids is 1. The first-order chi connectivity index (χ1) is 7.59. The van der Waals surface area contributed by atoms with Crippen LogP contribution >= 0.6 is 0 Å². The van der Waals surface area contributed by atoms with Crippen LogP contribution in [0.4, 0.5) is 0 Å². The van der Waals surface area contributed by atoms with Gasteiger partial charge in [-0.3, -0.25) is 4.79 Å². The van der Waals surface area contributed by atoms with Gasteiger partial charge in [0.15, 0.2) is 0 Å². The molecule has 4 nitrogen and oxygen atoms in total. The summed E-state index contributed by atoms with van der Waals surface area (Å²) in [6.07, 6.45) is 0. The van der Waals surface area contributed by atoms with Crippen LogP contribution in [0, 0.1) is 0 Å². The molecule has 0 bridgehead atoms. The molecule has 16 heavy (non-hydrogen) atoms. The minimum absolute atomic E-state index is 0.0897. The standard InChI is InChI=1S/C12H9NO3/c13-11(14)8-5-7-3-1-2-4-9(7)10(6-8)12(15)16/h1-6H,(H2,13,14)(H,15,16). The summed E-state index contributed by atoms with van der Waals surface area (Å²) in [5, 5.41) is 10.3. The van der Waals surface area contributed by atoms with E-state index in [0.29, 0.717) is 10.8 Å². The third-order valence-corrected chi connectivity index (χ3v) is 2.38. The summed E-state index contributed by atoms with van der Waals surface area (Å²) in [7, 11) is 0. The van der Waals surface area contributed by atoms with Gasteiger partial charge in [-0.15, -0.1) is 0 Å². The van der Waals surface area contributed by atoms with Crippen LogP contribution < -0.4 is 5.73 Å². The molecule has 0 saturated carbocycles. The molecule has 0 radical (unpaired) electrons. The molecule has 0 heterocycles. The van der Waals surface area contributed by atoms with E-state index in [2.05, 4.69) is 0 Å². The van der Waals surface area contributed by atoms with Crippen LogP contribution in [0.25, 0.3) is 10.8 Å². The van der Waals surface area contributed by atoms with Gasteiger partial charge in [0.05, 0.1) is 5.56 Å². The molecule has 0 spiro atoms. The lowest BCUT2D eigenvalue weighted by Crippen LogP contribution is -2.12. The van der Waals surface area contributed by atoms with Gasteiger partial charge in [0, 0.05) is 5.56 Å². The summed E-state index contributed by atoms with van der Waals surface area (Å²) < 4.78 is 0. The number of hydrogen-bond acceptors (Lipinski definition) is 2. The topological polar surface area (TPSA) is 80.4 Å². The lowest BCUT2D eigenvalue weighted by Gasteiger charge is -2.04. The number of rotatable bonds is 2. The van der Waals surface area contributed by atoms with Crippen molar-refractivity contribution in [2.75, 3.05) is 0 Å². The molecule has 4 heteroatoms. The van der Waals surface area contributed by atoms with Gasteiger partial charge in [-0.2, -0.15) is 0 Å². The molecular weight excluding hydrogens is 206 g/mol.